The van der Waals surface area contributed by atoms with E-state index in [4.69, 9.17) is 9.47 Å². The Morgan fingerprint density at radius 2 is 1.79 bits per heavy atom. The van der Waals surface area contributed by atoms with Crippen molar-refractivity contribution in [2.24, 2.45) is 0 Å². The summed E-state index contributed by atoms with van der Waals surface area (Å²) in [6.07, 6.45) is 2.62. The van der Waals surface area contributed by atoms with Crippen LogP contribution in [0.1, 0.15) is 36.7 Å². The van der Waals surface area contributed by atoms with Gasteiger partial charge in [0.15, 0.2) is 0 Å². The SMILES string of the molecule is CC(C)(C)OC(=O)n1nc(-c2cn(-c3ccc(C(=O)N4CCOCC4)cc3)nn2)c2cc(Cn3ncccc3=O)ccc21. The summed E-state index contributed by atoms with van der Waals surface area (Å²) in [6, 6.07) is 15.6. The van der Waals surface area contributed by atoms with Crippen LogP contribution in [0.2, 0.25) is 0 Å². The van der Waals surface area contributed by atoms with Crippen LogP contribution in [0, 0.1) is 0 Å². The summed E-state index contributed by atoms with van der Waals surface area (Å²) >= 11 is 0. The predicted octanol–water partition coefficient (Wildman–Crippen LogP) is 3.14. The normalized spacial score (nSPS) is 13.8. The first kappa shape index (κ1) is 28.0. The van der Waals surface area contributed by atoms with Crippen LogP contribution in [0.5, 0.6) is 0 Å². The summed E-state index contributed by atoms with van der Waals surface area (Å²) < 4.78 is 15.1. The van der Waals surface area contributed by atoms with Crippen molar-refractivity contribution in [1.82, 2.24) is 39.5 Å². The summed E-state index contributed by atoms with van der Waals surface area (Å²) in [5.74, 6) is -0.0444. The van der Waals surface area contributed by atoms with Crippen LogP contribution in [0.4, 0.5) is 4.79 Å². The molecule has 3 aromatic heterocycles. The number of carbonyl (C=O) groups is 2. The lowest BCUT2D eigenvalue weighted by atomic mass is 10.1. The van der Waals surface area contributed by atoms with Gasteiger partial charge in [0.05, 0.1) is 37.2 Å². The van der Waals surface area contributed by atoms with E-state index in [2.05, 4.69) is 20.5 Å². The van der Waals surface area contributed by atoms with Crippen LogP contribution in [0.3, 0.4) is 0 Å². The molecule has 1 aliphatic rings. The number of fused-ring (bicyclic) bond motifs is 1. The maximum atomic E-state index is 13.1. The van der Waals surface area contributed by atoms with Gasteiger partial charge in [0.25, 0.3) is 11.5 Å². The first-order chi connectivity index (χ1) is 20.7. The first-order valence-electron chi connectivity index (χ1n) is 13.8. The summed E-state index contributed by atoms with van der Waals surface area (Å²) in [7, 11) is 0. The summed E-state index contributed by atoms with van der Waals surface area (Å²) in [6.45, 7) is 7.78. The number of ether oxygens (including phenoxy) is 2. The quantitative estimate of drug-likeness (QED) is 0.306. The van der Waals surface area contributed by atoms with Crippen LogP contribution >= 0.6 is 0 Å². The maximum absolute atomic E-state index is 13.1. The Labute approximate surface area is 246 Å². The topological polar surface area (TPSA) is 139 Å². The molecule has 0 unspecified atom stereocenters. The lowest BCUT2D eigenvalue weighted by molar-refractivity contribution is 0.0303. The highest BCUT2D eigenvalue weighted by molar-refractivity contribution is 5.97. The molecule has 0 bridgehead atoms. The fraction of sp³-hybridized carbons (Fsp3) is 0.300. The molecule has 5 aromatic rings. The highest BCUT2D eigenvalue weighted by Crippen LogP contribution is 2.29. The number of carbonyl (C=O) groups excluding carboxylic acids is 2. The summed E-state index contributed by atoms with van der Waals surface area (Å²) in [5.41, 5.74) is 2.46. The maximum Gasteiger partial charge on any atom is 0.435 e. The largest absolute Gasteiger partial charge is 0.442 e. The molecule has 0 saturated carbocycles. The van der Waals surface area contributed by atoms with Gasteiger partial charge in [0.2, 0.25) is 0 Å². The fourth-order valence-corrected chi connectivity index (χ4v) is 4.78. The Bertz CT molecular complexity index is 1860. The molecular weight excluding hydrogens is 552 g/mol. The van der Waals surface area contributed by atoms with E-state index in [1.165, 1.54) is 15.4 Å². The van der Waals surface area contributed by atoms with Crippen LogP contribution < -0.4 is 5.56 Å². The van der Waals surface area contributed by atoms with Crippen molar-refractivity contribution in [3.8, 4) is 17.1 Å². The summed E-state index contributed by atoms with van der Waals surface area (Å²) in [4.78, 5) is 40.0. The number of benzene rings is 2. The van der Waals surface area contributed by atoms with E-state index in [-0.39, 0.29) is 18.0 Å². The van der Waals surface area contributed by atoms with Crippen molar-refractivity contribution < 1.29 is 19.1 Å². The zero-order valence-electron chi connectivity index (χ0n) is 24.0. The minimum atomic E-state index is -0.728. The Balaban J connectivity index is 1.34. The standard InChI is InChI=1S/C30H30N8O5/c1-30(2,3)43-29(41)38-25-11-6-20(18-37-26(39)5-4-12-31-37)17-23(25)27(33-38)24-19-36(34-32-24)22-9-7-21(8-10-22)28(40)35-13-15-42-16-14-35/h4-12,17,19H,13-16,18H2,1-3H3. The monoisotopic (exact) mass is 582 g/mol. The van der Waals surface area contributed by atoms with Crippen molar-refractivity contribution in [2.75, 3.05) is 26.3 Å². The van der Waals surface area contributed by atoms with Gasteiger partial charge in [0, 0.05) is 36.3 Å². The van der Waals surface area contributed by atoms with Crippen LogP contribution in [0.25, 0.3) is 28.0 Å². The Morgan fingerprint density at radius 3 is 2.51 bits per heavy atom. The van der Waals surface area contributed by atoms with E-state index in [1.54, 1.807) is 79.1 Å². The molecule has 0 N–H and O–H groups in total. The molecule has 43 heavy (non-hydrogen) atoms. The third-order valence-corrected chi connectivity index (χ3v) is 6.84. The predicted molar refractivity (Wildman–Crippen MR) is 156 cm³/mol. The number of aromatic nitrogens is 7. The molecule has 2 aromatic carbocycles. The van der Waals surface area contributed by atoms with Crippen LogP contribution in [-0.4, -0.2) is 83.4 Å². The van der Waals surface area contributed by atoms with Gasteiger partial charge in [-0.15, -0.1) is 5.10 Å². The van der Waals surface area contributed by atoms with Gasteiger partial charge in [-0.2, -0.15) is 14.9 Å². The molecule has 1 fully saturated rings. The van der Waals surface area contributed by atoms with Gasteiger partial charge in [-0.1, -0.05) is 11.3 Å². The highest BCUT2D eigenvalue weighted by atomic mass is 16.6. The number of nitrogens with zero attached hydrogens (tertiary/aromatic N) is 8. The average Bonchev–Trinajstić information content (AvgIpc) is 3.63. The van der Waals surface area contributed by atoms with Crippen molar-refractivity contribution in [1.29, 1.82) is 0 Å². The van der Waals surface area contributed by atoms with E-state index < -0.39 is 11.7 Å². The molecule has 0 spiro atoms. The first-order valence-corrected chi connectivity index (χ1v) is 13.8. The van der Waals surface area contributed by atoms with Gasteiger partial charge in [-0.05, 0) is 68.8 Å². The van der Waals surface area contributed by atoms with Crippen molar-refractivity contribution in [3.05, 3.63) is 88.5 Å². The Kier molecular flexibility index (Phi) is 7.32. The minimum absolute atomic E-state index is 0.0444. The lowest BCUT2D eigenvalue weighted by Gasteiger charge is -2.26. The Hall–Kier alpha value is -5.17. The molecule has 13 heteroatoms. The van der Waals surface area contributed by atoms with Gasteiger partial charge in [0.1, 0.15) is 17.0 Å². The molecule has 220 valence electrons. The third kappa shape index (κ3) is 5.93. The molecular formula is C30H30N8O5. The number of hydrogen-bond acceptors (Lipinski definition) is 9. The molecule has 4 heterocycles. The van der Waals surface area contributed by atoms with E-state index >= 15 is 0 Å². The number of rotatable bonds is 5. The molecule has 13 nitrogen and oxygen atoms in total. The zero-order valence-corrected chi connectivity index (χ0v) is 24.0. The van der Waals surface area contributed by atoms with Gasteiger partial charge >= 0.3 is 6.09 Å². The van der Waals surface area contributed by atoms with Gasteiger partial charge < -0.3 is 14.4 Å². The lowest BCUT2D eigenvalue weighted by Crippen LogP contribution is -2.40. The van der Waals surface area contributed by atoms with Crippen LogP contribution in [0.15, 0.2) is 71.8 Å². The van der Waals surface area contributed by atoms with E-state index in [9.17, 15) is 14.4 Å². The summed E-state index contributed by atoms with van der Waals surface area (Å²) in [5, 5.41) is 18.0. The second-order valence-electron chi connectivity index (χ2n) is 11.1. The molecule has 1 aliphatic heterocycles. The number of amides is 1. The third-order valence-electron chi connectivity index (χ3n) is 6.84. The number of hydrogen-bond donors (Lipinski definition) is 0. The van der Waals surface area contributed by atoms with E-state index in [0.717, 1.165) is 5.56 Å². The van der Waals surface area contributed by atoms with Crippen LogP contribution in [-0.2, 0) is 16.0 Å². The van der Waals surface area contributed by atoms with E-state index in [0.29, 0.717) is 59.8 Å². The molecule has 0 aliphatic carbocycles. The molecule has 0 atom stereocenters. The smallest absolute Gasteiger partial charge is 0.435 e. The van der Waals surface area contributed by atoms with Crippen molar-refractivity contribution in [3.63, 3.8) is 0 Å². The second kappa shape index (κ2) is 11.2. The zero-order chi connectivity index (χ0) is 30.1. The molecule has 1 saturated heterocycles. The van der Waals surface area contributed by atoms with Crippen molar-refractivity contribution in [2.45, 2.75) is 32.9 Å². The van der Waals surface area contributed by atoms with Gasteiger partial charge in [-0.25, -0.2) is 14.2 Å². The fourth-order valence-electron chi connectivity index (χ4n) is 4.78. The highest BCUT2D eigenvalue weighted by Gasteiger charge is 2.24. The second-order valence-corrected chi connectivity index (χ2v) is 11.1. The Morgan fingerprint density at radius 1 is 1.02 bits per heavy atom. The molecule has 1 amide bonds. The average molecular weight is 583 g/mol. The molecule has 0 radical (unpaired) electrons. The number of morpholine rings is 1. The minimum Gasteiger partial charge on any atom is -0.442 e. The van der Waals surface area contributed by atoms with E-state index in [1.807, 2.05) is 12.1 Å². The molecule has 6 rings (SSSR count). The van der Waals surface area contributed by atoms with Crippen molar-refractivity contribution >= 4 is 22.9 Å². The van der Waals surface area contributed by atoms with Gasteiger partial charge in [-0.3, -0.25) is 9.59 Å².